The van der Waals surface area contributed by atoms with Crippen molar-refractivity contribution < 1.29 is 14.3 Å². The number of fused-ring (bicyclic) bond motifs is 1. The van der Waals surface area contributed by atoms with E-state index in [2.05, 4.69) is 5.32 Å². The van der Waals surface area contributed by atoms with Crippen LogP contribution in [0, 0.1) is 0 Å². The van der Waals surface area contributed by atoms with Crippen LogP contribution < -0.4 is 14.8 Å². The normalized spacial score (nSPS) is 20.7. The third-order valence-corrected chi connectivity index (χ3v) is 4.32. The Morgan fingerprint density at radius 2 is 2.32 bits per heavy atom. The lowest BCUT2D eigenvalue weighted by Crippen LogP contribution is -2.47. The van der Waals surface area contributed by atoms with Crippen LogP contribution in [-0.4, -0.2) is 50.7 Å². The molecule has 2 aliphatic rings. The zero-order chi connectivity index (χ0) is 15.5. The lowest BCUT2D eigenvalue weighted by atomic mass is 10.0. The number of benzene rings is 1. The van der Waals surface area contributed by atoms with Crippen molar-refractivity contribution in [3.8, 4) is 11.5 Å². The summed E-state index contributed by atoms with van der Waals surface area (Å²) in [5.41, 5.74) is 1.61. The molecule has 1 unspecified atom stereocenters. The van der Waals surface area contributed by atoms with Crippen LogP contribution in [-0.2, 0) is 4.79 Å². The quantitative estimate of drug-likeness (QED) is 0.923. The second-order valence-electron chi connectivity index (χ2n) is 5.72. The molecule has 3 rings (SSSR count). The number of piperidine rings is 1. The van der Waals surface area contributed by atoms with Crippen molar-refractivity contribution in [2.45, 2.75) is 18.9 Å². The molecule has 1 amide bonds. The fourth-order valence-electron chi connectivity index (χ4n) is 3.06. The molecule has 0 spiro atoms. The molecule has 2 heterocycles. The van der Waals surface area contributed by atoms with E-state index in [1.54, 1.807) is 7.11 Å². The smallest absolute Gasteiger partial charge is 0.253 e. The van der Waals surface area contributed by atoms with E-state index in [4.69, 9.17) is 9.47 Å². The number of likely N-dealkylation sites (N-methyl/N-ethyl adjacent to an activating group) is 1. The first kappa shape index (κ1) is 14.9. The molecule has 0 aliphatic carbocycles. The van der Waals surface area contributed by atoms with Crippen LogP contribution in [0.4, 0.5) is 0 Å². The van der Waals surface area contributed by atoms with Crippen molar-refractivity contribution in [2.24, 2.45) is 0 Å². The highest BCUT2D eigenvalue weighted by Gasteiger charge is 2.27. The molecule has 22 heavy (non-hydrogen) atoms. The number of hydrogen-bond acceptors (Lipinski definition) is 4. The zero-order valence-electron chi connectivity index (χ0n) is 13.1. The predicted molar refractivity (Wildman–Crippen MR) is 85.1 cm³/mol. The average Bonchev–Trinajstić information content (AvgIpc) is 2.60. The van der Waals surface area contributed by atoms with E-state index in [1.807, 2.05) is 36.2 Å². The summed E-state index contributed by atoms with van der Waals surface area (Å²) in [5.74, 6) is 1.50. The molecule has 0 radical (unpaired) electrons. The average molecular weight is 302 g/mol. The van der Waals surface area contributed by atoms with Crippen LogP contribution in [0.25, 0.3) is 6.08 Å². The Labute approximate surface area is 130 Å². The van der Waals surface area contributed by atoms with Crippen LogP contribution in [0.3, 0.4) is 0 Å². The Morgan fingerprint density at radius 1 is 1.45 bits per heavy atom. The third-order valence-electron chi connectivity index (χ3n) is 4.32. The van der Waals surface area contributed by atoms with Gasteiger partial charge in [-0.3, -0.25) is 4.79 Å². The SMILES string of the molecule is CNC1CCCN(C(=O)C2=Cc3cccc(OC)c3OC2)C1. The van der Waals surface area contributed by atoms with Gasteiger partial charge >= 0.3 is 0 Å². The number of amides is 1. The first-order valence-electron chi connectivity index (χ1n) is 7.70. The molecule has 1 N–H and O–H groups in total. The minimum atomic E-state index is 0.0772. The van der Waals surface area contributed by atoms with E-state index in [1.165, 1.54) is 0 Å². The fraction of sp³-hybridized carbons (Fsp3) is 0.471. The van der Waals surface area contributed by atoms with Gasteiger partial charge in [0.15, 0.2) is 11.5 Å². The minimum Gasteiger partial charge on any atom is -0.493 e. The summed E-state index contributed by atoms with van der Waals surface area (Å²) in [6.07, 6.45) is 4.08. The van der Waals surface area contributed by atoms with Gasteiger partial charge in [-0.1, -0.05) is 12.1 Å². The molecule has 5 nitrogen and oxygen atoms in total. The van der Waals surface area contributed by atoms with E-state index in [0.717, 1.165) is 31.5 Å². The van der Waals surface area contributed by atoms with Gasteiger partial charge in [-0.15, -0.1) is 0 Å². The number of likely N-dealkylation sites (tertiary alicyclic amines) is 1. The maximum Gasteiger partial charge on any atom is 0.253 e. The monoisotopic (exact) mass is 302 g/mol. The topological polar surface area (TPSA) is 50.8 Å². The van der Waals surface area contributed by atoms with Crippen LogP contribution >= 0.6 is 0 Å². The third kappa shape index (κ3) is 2.81. The van der Waals surface area contributed by atoms with Crippen molar-refractivity contribution in [3.05, 3.63) is 29.3 Å². The molecule has 2 aliphatic heterocycles. The fourth-order valence-corrected chi connectivity index (χ4v) is 3.06. The summed E-state index contributed by atoms with van der Waals surface area (Å²) in [6, 6.07) is 6.09. The van der Waals surface area contributed by atoms with Crippen molar-refractivity contribution >= 4 is 12.0 Å². The van der Waals surface area contributed by atoms with E-state index < -0.39 is 0 Å². The van der Waals surface area contributed by atoms with Gasteiger partial charge in [0.2, 0.25) is 0 Å². The van der Waals surface area contributed by atoms with Crippen LogP contribution in [0.1, 0.15) is 18.4 Å². The Balaban J connectivity index is 1.80. The molecule has 5 heteroatoms. The number of nitrogens with zero attached hydrogens (tertiary/aromatic N) is 1. The largest absolute Gasteiger partial charge is 0.493 e. The first-order chi connectivity index (χ1) is 10.7. The molecule has 0 bridgehead atoms. The number of para-hydroxylation sites is 1. The van der Waals surface area contributed by atoms with Crippen molar-refractivity contribution in [1.29, 1.82) is 0 Å². The Bertz CT molecular complexity index is 598. The number of hydrogen-bond donors (Lipinski definition) is 1. The van der Waals surface area contributed by atoms with Crippen LogP contribution in [0.5, 0.6) is 11.5 Å². The number of methoxy groups -OCH3 is 1. The number of carbonyl (C=O) groups excluding carboxylic acids is 1. The second kappa shape index (κ2) is 6.40. The Hall–Kier alpha value is -2.01. The lowest BCUT2D eigenvalue weighted by molar-refractivity contribution is -0.128. The molecule has 1 aromatic carbocycles. The number of nitrogens with one attached hydrogen (secondary N) is 1. The standard InChI is InChI=1S/C17H22N2O3/c1-18-14-6-4-8-19(10-14)17(20)13-9-12-5-3-7-15(21-2)16(12)22-11-13/h3,5,7,9,14,18H,4,6,8,10-11H2,1-2H3. The summed E-state index contributed by atoms with van der Waals surface area (Å²) in [5, 5.41) is 3.26. The lowest BCUT2D eigenvalue weighted by Gasteiger charge is -2.33. The molecule has 0 aromatic heterocycles. The summed E-state index contributed by atoms with van der Waals surface area (Å²) < 4.78 is 11.1. The molecule has 1 aromatic rings. The van der Waals surface area contributed by atoms with Crippen molar-refractivity contribution in [1.82, 2.24) is 10.2 Å². The Morgan fingerprint density at radius 3 is 3.09 bits per heavy atom. The van der Waals surface area contributed by atoms with Gasteiger partial charge in [-0.25, -0.2) is 0 Å². The summed E-state index contributed by atoms with van der Waals surface area (Å²) in [7, 11) is 3.57. The molecule has 0 saturated carbocycles. The molecule has 118 valence electrons. The van der Waals surface area contributed by atoms with Gasteiger partial charge in [-0.05, 0) is 32.0 Å². The Kier molecular flexibility index (Phi) is 4.34. The zero-order valence-corrected chi connectivity index (χ0v) is 13.1. The van der Waals surface area contributed by atoms with E-state index in [-0.39, 0.29) is 5.91 Å². The molecule has 1 fully saturated rings. The predicted octanol–water partition coefficient (Wildman–Crippen LogP) is 1.68. The molecule has 1 saturated heterocycles. The summed E-state index contributed by atoms with van der Waals surface area (Å²) in [6.45, 7) is 1.88. The van der Waals surface area contributed by atoms with E-state index in [9.17, 15) is 4.79 Å². The van der Waals surface area contributed by atoms with Gasteiger partial charge in [0.1, 0.15) is 6.61 Å². The van der Waals surface area contributed by atoms with Gasteiger partial charge < -0.3 is 19.7 Å². The van der Waals surface area contributed by atoms with E-state index >= 15 is 0 Å². The molecular weight excluding hydrogens is 280 g/mol. The van der Waals surface area contributed by atoms with Crippen LogP contribution in [0.15, 0.2) is 23.8 Å². The van der Waals surface area contributed by atoms with Crippen molar-refractivity contribution in [3.63, 3.8) is 0 Å². The van der Waals surface area contributed by atoms with E-state index in [0.29, 0.717) is 29.7 Å². The second-order valence-corrected chi connectivity index (χ2v) is 5.72. The maximum absolute atomic E-state index is 12.7. The summed E-state index contributed by atoms with van der Waals surface area (Å²) >= 11 is 0. The minimum absolute atomic E-state index is 0.0772. The van der Waals surface area contributed by atoms with Crippen molar-refractivity contribution in [2.75, 3.05) is 33.9 Å². The van der Waals surface area contributed by atoms with Crippen LogP contribution in [0.2, 0.25) is 0 Å². The maximum atomic E-state index is 12.7. The highest BCUT2D eigenvalue weighted by molar-refractivity contribution is 5.99. The molecule has 1 atom stereocenters. The number of rotatable bonds is 3. The molecular formula is C17H22N2O3. The van der Waals surface area contributed by atoms with Gasteiger partial charge in [0, 0.05) is 24.7 Å². The first-order valence-corrected chi connectivity index (χ1v) is 7.70. The van der Waals surface area contributed by atoms with Gasteiger partial charge in [0.25, 0.3) is 5.91 Å². The van der Waals surface area contributed by atoms with Gasteiger partial charge in [0.05, 0.1) is 12.7 Å². The highest BCUT2D eigenvalue weighted by atomic mass is 16.5. The highest BCUT2D eigenvalue weighted by Crippen LogP contribution is 2.35. The summed E-state index contributed by atoms with van der Waals surface area (Å²) in [4.78, 5) is 14.6. The number of carbonyl (C=O) groups is 1. The van der Waals surface area contributed by atoms with Gasteiger partial charge in [-0.2, -0.15) is 0 Å². The number of ether oxygens (including phenoxy) is 2.